The summed E-state index contributed by atoms with van der Waals surface area (Å²) in [4.78, 5) is 0. The number of ether oxygens (including phenoxy) is 1. The third-order valence-corrected chi connectivity index (χ3v) is 2.01. The van der Waals surface area contributed by atoms with E-state index in [-0.39, 0.29) is 6.04 Å². The molecule has 3 N–H and O–H groups in total. The molecule has 4 heteroatoms. The molecule has 0 saturated carbocycles. The van der Waals surface area contributed by atoms with E-state index >= 15 is 0 Å². The smallest absolute Gasteiger partial charge is 0.0947 e. The highest BCUT2D eigenvalue weighted by molar-refractivity contribution is 5.04. The van der Waals surface area contributed by atoms with E-state index in [0.717, 1.165) is 25.1 Å². The van der Waals surface area contributed by atoms with Gasteiger partial charge in [0.1, 0.15) is 0 Å². The van der Waals surface area contributed by atoms with Crippen LogP contribution in [0.2, 0.25) is 0 Å². The topological polar surface area (TPSA) is 60.4 Å². The lowest BCUT2D eigenvalue weighted by Gasteiger charge is -2.11. The van der Waals surface area contributed by atoms with Crippen molar-refractivity contribution in [3.8, 4) is 0 Å². The summed E-state index contributed by atoms with van der Waals surface area (Å²) in [6, 6.07) is 2.09. The second kappa shape index (κ2) is 6.59. The molecule has 0 radical (unpaired) electrons. The zero-order chi connectivity index (χ0) is 10.2. The molecule has 0 amide bonds. The van der Waals surface area contributed by atoms with Crippen LogP contribution in [0.25, 0.3) is 0 Å². The van der Waals surface area contributed by atoms with Crippen molar-refractivity contribution < 1.29 is 9.15 Å². The molecule has 1 unspecified atom stereocenters. The first-order chi connectivity index (χ1) is 6.83. The summed E-state index contributed by atoms with van der Waals surface area (Å²) < 4.78 is 9.89. The second-order valence-electron chi connectivity index (χ2n) is 3.30. The van der Waals surface area contributed by atoms with Gasteiger partial charge in [0, 0.05) is 38.4 Å². The highest BCUT2D eigenvalue weighted by Gasteiger charge is 2.01. The Morgan fingerprint density at radius 1 is 1.64 bits per heavy atom. The Morgan fingerprint density at radius 2 is 2.50 bits per heavy atom. The number of methoxy groups -OCH3 is 1. The van der Waals surface area contributed by atoms with Gasteiger partial charge in [-0.1, -0.05) is 0 Å². The Morgan fingerprint density at radius 3 is 3.14 bits per heavy atom. The summed E-state index contributed by atoms with van der Waals surface area (Å²) in [5, 5.41) is 3.26. The average molecular weight is 198 g/mol. The quantitative estimate of drug-likeness (QED) is 0.678. The van der Waals surface area contributed by atoms with Crippen molar-refractivity contribution in [2.75, 3.05) is 20.3 Å². The van der Waals surface area contributed by atoms with Gasteiger partial charge in [0.15, 0.2) is 0 Å². The van der Waals surface area contributed by atoms with Crippen LogP contribution in [0.5, 0.6) is 0 Å². The van der Waals surface area contributed by atoms with Crippen LogP contribution < -0.4 is 11.1 Å². The van der Waals surface area contributed by atoms with Crippen molar-refractivity contribution in [3.63, 3.8) is 0 Å². The average Bonchev–Trinajstić information content (AvgIpc) is 2.67. The van der Waals surface area contributed by atoms with Gasteiger partial charge in [-0.15, -0.1) is 0 Å². The third kappa shape index (κ3) is 4.41. The van der Waals surface area contributed by atoms with Gasteiger partial charge in [0.2, 0.25) is 0 Å². The van der Waals surface area contributed by atoms with Gasteiger partial charge in [-0.2, -0.15) is 0 Å². The molecule has 1 aromatic heterocycles. The van der Waals surface area contributed by atoms with Crippen molar-refractivity contribution in [3.05, 3.63) is 24.2 Å². The number of nitrogens with two attached hydrogens (primary N) is 1. The maximum Gasteiger partial charge on any atom is 0.0947 e. The summed E-state index contributed by atoms with van der Waals surface area (Å²) in [6.45, 7) is 2.32. The minimum atomic E-state index is 0.154. The number of rotatable bonds is 7. The lowest BCUT2D eigenvalue weighted by Crippen LogP contribution is -2.34. The Bertz CT molecular complexity index is 224. The van der Waals surface area contributed by atoms with Crippen molar-refractivity contribution in [2.24, 2.45) is 5.73 Å². The standard InChI is InChI=1S/C10H18N2O2/c1-13-4-3-10(11)7-12-6-9-2-5-14-8-9/h2,5,8,10,12H,3-4,6-7,11H2,1H3. The van der Waals surface area contributed by atoms with Crippen LogP contribution in [0.3, 0.4) is 0 Å². The van der Waals surface area contributed by atoms with Crippen LogP contribution in [0.15, 0.2) is 23.0 Å². The fraction of sp³-hybridized carbons (Fsp3) is 0.600. The van der Waals surface area contributed by atoms with Gasteiger partial charge in [-0.3, -0.25) is 0 Å². The second-order valence-corrected chi connectivity index (χ2v) is 3.30. The molecule has 14 heavy (non-hydrogen) atoms. The number of hydrogen-bond acceptors (Lipinski definition) is 4. The van der Waals surface area contributed by atoms with Crippen LogP contribution in [0.1, 0.15) is 12.0 Å². The highest BCUT2D eigenvalue weighted by Crippen LogP contribution is 1.98. The summed E-state index contributed by atoms with van der Waals surface area (Å²) in [7, 11) is 1.69. The van der Waals surface area contributed by atoms with Crippen molar-refractivity contribution in [1.29, 1.82) is 0 Å². The van der Waals surface area contributed by atoms with Gasteiger partial charge in [-0.05, 0) is 12.5 Å². The van der Waals surface area contributed by atoms with Gasteiger partial charge < -0.3 is 20.2 Å². The zero-order valence-corrected chi connectivity index (χ0v) is 8.53. The van der Waals surface area contributed by atoms with E-state index in [1.54, 1.807) is 19.6 Å². The maximum atomic E-state index is 5.83. The van der Waals surface area contributed by atoms with Crippen molar-refractivity contribution >= 4 is 0 Å². The van der Waals surface area contributed by atoms with E-state index in [1.165, 1.54) is 0 Å². The van der Waals surface area contributed by atoms with Gasteiger partial charge in [0.05, 0.1) is 12.5 Å². The molecule has 0 saturated heterocycles. The highest BCUT2D eigenvalue weighted by atomic mass is 16.5. The molecule has 0 aromatic carbocycles. The Hall–Kier alpha value is -0.840. The summed E-state index contributed by atoms with van der Waals surface area (Å²) >= 11 is 0. The molecular weight excluding hydrogens is 180 g/mol. The normalized spacial score (nSPS) is 13.0. The van der Waals surface area contributed by atoms with E-state index in [1.807, 2.05) is 6.07 Å². The first-order valence-corrected chi connectivity index (χ1v) is 4.79. The molecule has 80 valence electrons. The monoisotopic (exact) mass is 198 g/mol. The van der Waals surface area contributed by atoms with Crippen LogP contribution in [0.4, 0.5) is 0 Å². The molecule has 1 atom stereocenters. The molecule has 0 fully saturated rings. The molecule has 1 rings (SSSR count). The minimum Gasteiger partial charge on any atom is -0.472 e. The van der Waals surface area contributed by atoms with Crippen LogP contribution >= 0.6 is 0 Å². The van der Waals surface area contributed by atoms with Crippen molar-refractivity contribution in [2.45, 2.75) is 19.0 Å². The number of hydrogen-bond donors (Lipinski definition) is 2. The zero-order valence-electron chi connectivity index (χ0n) is 8.53. The molecule has 4 nitrogen and oxygen atoms in total. The van der Waals surface area contributed by atoms with E-state index in [4.69, 9.17) is 14.9 Å². The van der Waals surface area contributed by atoms with Crippen molar-refractivity contribution in [1.82, 2.24) is 5.32 Å². The molecule has 0 aliphatic carbocycles. The van der Waals surface area contributed by atoms with E-state index in [2.05, 4.69) is 5.32 Å². The molecule has 0 spiro atoms. The number of nitrogens with one attached hydrogen (secondary N) is 1. The fourth-order valence-corrected chi connectivity index (χ4v) is 1.17. The van der Waals surface area contributed by atoms with E-state index in [9.17, 15) is 0 Å². The van der Waals surface area contributed by atoms with Crippen LogP contribution in [-0.4, -0.2) is 26.3 Å². The Kier molecular flexibility index (Phi) is 5.29. The van der Waals surface area contributed by atoms with E-state index in [0.29, 0.717) is 6.61 Å². The lowest BCUT2D eigenvalue weighted by molar-refractivity contribution is 0.187. The first kappa shape index (κ1) is 11.2. The Labute approximate surface area is 84.4 Å². The molecule has 1 aromatic rings. The molecular formula is C10H18N2O2. The lowest BCUT2D eigenvalue weighted by atomic mass is 10.2. The predicted molar refractivity (Wildman–Crippen MR) is 54.9 cm³/mol. The molecule has 1 heterocycles. The van der Waals surface area contributed by atoms with Crippen LogP contribution in [-0.2, 0) is 11.3 Å². The molecule has 0 aliphatic rings. The van der Waals surface area contributed by atoms with E-state index < -0.39 is 0 Å². The SMILES string of the molecule is COCCC(N)CNCc1ccoc1. The number of furan rings is 1. The van der Waals surface area contributed by atoms with Gasteiger partial charge >= 0.3 is 0 Å². The molecule has 0 aliphatic heterocycles. The largest absolute Gasteiger partial charge is 0.472 e. The van der Waals surface area contributed by atoms with Gasteiger partial charge in [-0.25, -0.2) is 0 Å². The Balaban J connectivity index is 2.03. The summed E-state index contributed by atoms with van der Waals surface area (Å²) in [5.74, 6) is 0. The fourth-order valence-electron chi connectivity index (χ4n) is 1.17. The maximum absolute atomic E-state index is 5.83. The predicted octanol–water partition coefficient (Wildman–Crippen LogP) is 0.733. The summed E-state index contributed by atoms with van der Waals surface area (Å²) in [5.41, 5.74) is 6.98. The molecule has 0 bridgehead atoms. The third-order valence-electron chi connectivity index (χ3n) is 2.01. The summed E-state index contributed by atoms with van der Waals surface area (Å²) in [6.07, 6.45) is 4.28. The first-order valence-electron chi connectivity index (χ1n) is 4.79. The minimum absolute atomic E-state index is 0.154. The van der Waals surface area contributed by atoms with Crippen LogP contribution in [0, 0.1) is 0 Å². The van der Waals surface area contributed by atoms with Gasteiger partial charge in [0.25, 0.3) is 0 Å².